The monoisotopic (exact) mass is 296 g/mol. The average molecular weight is 296 g/mol. The summed E-state index contributed by atoms with van der Waals surface area (Å²) in [4.78, 5) is 18.7. The fourth-order valence-electron chi connectivity index (χ4n) is 1.73. The molecule has 0 aromatic heterocycles. The highest BCUT2D eigenvalue weighted by Gasteiger charge is 2.25. The van der Waals surface area contributed by atoms with Gasteiger partial charge in [-0.3, -0.25) is 4.57 Å². The number of hydrogen-bond acceptors (Lipinski definition) is 1. The largest absolute Gasteiger partial charge is 0.356 e. The normalized spacial score (nSPS) is 12.5. The van der Waals surface area contributed by atoms with Crippen molar-refractivity contribution in [3.05, 3.63) is 71.3 Å². The standard InChI is InChI=1S/C14H11F2O3P/c15-12-7-3-1-5-10(12)9-14(20(17,18)19)11-6-2-4-8-13(11)16/h1-9H,(H2,17,18,19). The van der Waals surface area contributed by atoms with Crippen LogP contribution in [0.5, 0.6) is 0 Å². The third-order valence-electron chi connectivity index (χ3n) is 2.66. The summed E-state index contributed by atoms with van der Waals surface area (Å²) in [5, 5.41) is -0.555. The van der Waals surface area contributed by atoms with Gasteiger partial charge in [-0.1, -0.05) is 36.4 Å². The van der Waals surface area contributed by atoms with Crippen LogP contribution in [-0.2, 0) is 4.57 Å². The first-order valence-electron chi connectivity index (χ1n) is 5.67. The SMILES string of the molecule is O=P(O)(O)C(=Cc1ccccc1F)c1ccccc1F. The van der Waals surface area contributed by atoms with E-state index in [1.165, 1.54) is 36.4 Å². The molecule has 2 aromatic rings. The number of hydrogen-bond donors (Lipinski definition) is 2. The van der Waals surface area contributed by atoms with Gasteiger partial charge >= 0.3 is 7.60 Å². The van der Waals surface area contributed by atoms with Gasteiger partial charge in [-0.2, -0.15) is 0 Å². The van der Waals surface area contributed by atoms with Gasteiger partial charge in [0.25, 0.3) is 0 Å². The summed E-state index contributed by atoms with van der Waals surface area (Å²) in [7, 11) is -4.76. The van der Waals surface area contributed by atoms with Gasteiger partial charge in [-0.25, -0.2) is 8.78 Å². The van der Waals surface area contributed by atoms with Crippen molar-refractivity contribution >= 4 is 19.0 Å². The number of rotatable bonds is 3. The van der Waals surface area contributed by atoms with Crippen LogP contribution in [0.25, 0.3) is 11.4 Å². The zero-order valence-electron chi connectivity index (χ0n) is 10.2. The molecule has 0 spiro atoms. The van der Waals surface area contributed by atoms with Crippen molar-refractivity contribution in [3.63, 3.8) is 0 Å². The van der Waals surface area contributed by atoms with E-state index < -0.39 is 24.5 Å². The van der Waals surface area contributed by atoms with Crippen LogP contribution < -0.4 is 0 Å². The van der Waals surface area contributed by atoms with Crippen LogP contribution in [0, 0.1) is 11.6 Å². The van der Waals surface area contributed by atoms with E-state index in [-0.39, 0.29) is 11.1 Å². The van der Waals surface area contributed by atoms with E-state index in [1.54, 1.807) is 0 Å². The lowest BCUT2D eigenvalue weighted by Gasteiger charge is -2.11. The van der Waals surface area contributed by atoms with E-state index >= 15 is 0 Å². The maximum Gasteiger partial charge on any atom is 0.356 e. The molecule has 0 unspecified atom stereocenters. The Balaban J connectivity index is 2.65. The van der Waals surface area contributed by atoms with Gasteiger partial charge in [-0.05, 0) is 18.2 Å². The minimum Gasteiger partial charge on any atom is -0.321 e. The van der Waals surface area contributed by atoms with Crippen LogP contribution in [0.3, 0.4) is 0 Å². The molecular formula is C14H11F2O3P. The molecule has 6 heteroatoms. The lowest BCUT2D eigenvalue weighted by molar-refractivity contribution is 0.388. The van der Waals surface area contributed by atoms with Crippen molar-refractivity contribution in [1.29, 1.82) is 0 Å². The molecule has 0 radical (unpaired) electrons. The Morgan fingerprint density at radius 1 is 0.950 bits per heavy atom. The van der Waals surface area contributed by atoms with E-state index in [4.69, 9.17) is 0 Å². The van der Waals surface area contributed by atoms with E-state index in [0.717, 1.165) is 18.2 Å². The topological polar surface area (TPSA) is 57.5 Å². The smallest absolute Gasteiger partial charge is 0.321 e. The molecule has 2 N–H and O–H groups in total. The molecule has 0 atom stereocenters. The maximum absolute atomic E-state index is 13.7. The molecule has 0 aliphatic carbocycles. The summed E-state index contributed by atoms with van der Waals surface area (Å²) in [5.74, 6) is -1.42. The van der Waals surface area contributed by atoms with Crippen LogP contribution in [0.2, 0.25) is 0 Å². The van der Waals surface area contributed by atoms with Gasteiger partial charge in [0.1, 0.15) is 11.6 Å². The quantitative estimate of drug-likeness (QED) is 0.671. The summed E-state index contributed by atoms with van der Waals surface area (Å²) in [6.45, 7) is 0. The second kappa shape index (κ2) is 5.67. The molecule has 2 aromatic carbocycles. The highest BCUT2D eigenvalue weighted by Crippen LogP contribution is 2.52. The summed E-state index contributed by atoms with van der Waals surface area (Å²) in [6, 6.07) is 10.7. The van der Waals surface area contributed by atoms with Crippen molar-refractivity contribution in [2.45, 2.75) is 0 Å². The van der Waals surface area contributed by atoms with E-state index in [9.17, 15) is 23.1 Å². The lowest BCUT2D eigenvalue weighted by atomic mass is 10.1. The van der Waals surface area contributed by atoms with Gasteiger partial charge in [0.05, 0.1) is 5.31 Å². The van der Waals surface area contributed by atoms with Crippen molar-refractivity contribution in [2.24, 2.45) is 0 Å². The number of halogens is 2. The zero-order valence-corrected chi connectivity index (χ0v) is 11.1. The fraction of sp³-hybridized carbons (Fsp3) is 0. The zero-order chi connectivity index (χ0) is 14.8. The van der Waals surface area contributed by atoms with Crippen molar-refractivity contribution in [2.75, 3.05) is 0 Å². The molecule has 0 saturated carbocycles. The van der Waals surface area contributed by atoms with Gasteiger partial charge in [0.2, 0.25) is 0 Å². The first kappa shape index (κ1) is 14.6. The molecule has 0 fully saturated rings. The van der Waals surface area contributed by atoms with E-state index in [2.05, 4.69) is 0 Å². The molecule has 0 aliphatic heterocycles. The van der Waals surface area contributed by atoms with E-state index in [1.807, 2.05) is 0 Å². The Morgan fingerprint density at radius 3 is 2.05 bits per heavy atom. The summed E-state index contributed by atoms with van der Waals surface area (Å²) in [6.07, 6.45) is 0.967. The van der Waals surface area contributed by atoms with Crippen LogP contribution in [-0.4, -0.2) is 9.79 Å². The third-order valence-corrected chi connectivity index (χ3v) is 3.66. The van der Waals surface area contributed by atoms with Crippen LogP contribution >= 0.6 is 7.60 Å². The predicted molar refractivity (Wildman–Crippen MR) is 72.7 cm³/mol. The molecule has 104 valence electrons. The molecule has 0 bridgehead atoms. The van der Waals surface area contributed by atoms with Crippen LogP contribution in [0.15, 0.2) is 48.5 Å². The number of benzene rings is 2. The Bertz CT molecular complexity index is 707. The second-order valence-electron chi connectivity index (χ2n) is 4.07. The highest BCUT2D eigenvalue weighted by atomic mass is 31.2. The summed E-state index contributed by atoms with van der Waals surface area (Å²) < 4.78 is 38.8. The van der Waals surface area contributed by atoms with Crippen LogP contribution in [0.1, 0.15) is 11.1 Å². The van der Waals surface area contributed by atoms with Crippen molar-refractivity contribution in [1.82, 2.24) is 0 Å². The van der Waals surface area contributed by atoms with E-state index in [0.29, 0.717) is 0 Å². The lowest BCUT2D eigenvalue weighted by Crippen LogP contribution is -1.92. The Labute approximate surface area is 114 Å². The first-order valence-corrected chi connectivity index (χ1v) is 7.28. The minimum absolute atomic E-state index is 0.0194. The van der Waals surface area contributed by atoms with Crippen LogP contribution in [0.4, 0.5) is 8.78 Å². The molecule has 0 amide bonds. The highest BCUT2D eigenvalue weighted by molar-refractivity contribution is 7.63. The predicted octanol–water partition coefficient (Wildman–Crippen LogP) is 3.64. The fourth-order valence-corrected chi connectivity index (χ4v) is 2.53. The second-order valence-corrected chi connectivity index (χ2v) is 5.64. The van der Waals surface area contributed by atoms with Crippen molar-refractivity contribution in [3.8, 4) is 0 Å². The average Bonchev–Trinajstić information content (AvgIpc) is 2.38. The molecule has 0 aliphatic rings. The molecule has 0 heterocycles. The molecule has 20 heavy (non-hydrogen) atoms. The maximum atomic E-state index is 13.7. The van der Waals surface area contributed by atoms with Gasteiger partial charge < -0.3 is 9.79 Å². The van der Waals surface area contributed by atoms with Gasteiger partial charge in [0.15, 0.2) is 0 Å². The summed E-state index contributed by atoms with van der Waals surface area (Å²) >= 11 is 0. The summed E-state index contributed by atoms with van der Waals surface area (Å²) in [5.41, 5.74) is -0.266. The first-order chi connectivity index (χ1) is 9.39. The van der Waals surface area contributed by atoms with Crippen molar-refractivity contribution < 1.29 is 23.1 Å². The molecule has 3 nitrogen and oxygen atoms in total. The Morgan fingerprint density at radius 2 is 1.50 bits per heavy atom. The van der Waals surface area contributed by atoms with Gasteiger partial charge in [-0.15, -0.1) is 0 Å². The molecular weight excluding hydrogens is 285 g/mol. The van der Waals surface area contributed by atoms with Gasteiger partial charge in [0, 0.05) is 11.1 Å². The minimum atomic E-state index is -4.76. The molecule has 2 rings (SSSR count). The molecule has 0 saturated heterocycles. The third kappa shape index (κ3) is 3.20. The Kier molecular flexibility index (Phi) is 4.14. The Hall–Kier alpha value is -1.81.